The summed E-state index contributed by atoms with van der Waals surface area (Å²) in [5, 5.41) is 0. The van der Waals surface area contributed by atoms with E-state index in [9.17, 15) is 0 Å². The van der Waals surface area contributed by atoms with E-state index in [0.717, 1.165) is 17.3 Å². The predicted molar refractivity (Wildman–Crippen MR) is 67.9 cm³/mol. The third-order valence-electron chi connectivity index (χ3n) is 3.02. The number of hydrogen-bond donors (Lipinski definition) is 1. The van der Waals surface area contributed by atoms with Crippen molar-refractivity contribution in [2.75, 3.05) is 6.61 Å². The topological polar surface area (TPSA) is 47.1 Å². The molecule has 0 amide bonds. The number of rotatable bonds is 3. The lowest BCUT2D eigenvalue weighted by Gasteiger charge is -2.29. The molecule has 2 unspecified atom stereocenters. The van der Waals surface area contributed by atoms with Gasteiger partial charge >= 0.3 is 0 Å². The maximum absolute atomic E-state index is 5.95. The minimum Gasteiger partial charge on any atom is -0.486 e. The highest BCUT2D eigenvalue weighted by Gasteiger charge is 2.29. The number of benzene rings is 1. The number of fused-ring (bicyclic) bond motifs is 1. The third-order valence-corrected chi connectivity index (χ3v) is 3.02. The number of para-hydroxylation sites is 2. The molecule has 0 aliphatic carbocycles. The molecule has 0 fully saturated rings. The smallest absolute Gasteiger partial charge is 0.161 e. The summed E-state index contributed by atoms with van der Waals surface area (Å²) in [5.41, 5.74) is 0. The molecule has 1 aliphatic heterocycles. The van der Waals surface area contributed by atoms with Gasteiger partial charge in [-0.3, -0.25) is 0 Å². The molecule has 0 bridgehead atoms. The Hall–Kier alpha value is -2.23. The summed E-state index contributed by atoms with van der Waals surface area (Å²) in [6.07, 6.45) is 5.25. The van der Waals surface area contributed by atoms with Crippen LogP contribution in [0, 0.1) is 0 Å². The van der Waals surface area contributed by atoms with E-state index in [1.54, 1.807) is 12.4 Å². The Morgan fingerprint density at radius 2 is 2.22 bits per heavy atom. The SMILES string of the molecule is C=CC(c1ncc[nH]1)C1COc2ccccc2O1. The number of nitrogens with one attached hydrogen (secondary N) is 1. The monoisotopic (exact) mass is 242 g/mol. The fraction of sp³-hybridized carbons (Fsp3) is 0.214. The third kappa shape index (κ3) is 1.86. The molecule has 1 aliphatic rings. The predicted octanol–water partition coefficient (Wildman–Crippen LogP) is 2.52. The second-order valence-electron chi connectivity index (χ2n) is 4.15. The summed E-state index contributed by atoms with van der Waals surface area (Å²) in [4.78, 5) is 7.35. The van der Waals surface area contributed by atoms with Crippen LogP contribution in [0.2, 0.25) is 0 Å². The second-order valence-corrected chi connectivity index (χ2v) is 4.15. The Balaban J connectivity index is 1.85. The molecular weight excluding hydrogens is 228 g/mol. The molecule has 2 atom stereocenters. The zero-order valence-corrected chi connectivity index (χ0v) is 9.87. The van der Waals surface area contributed by atoms with Crippen LogP contribution in [0.3, 0.4) is 0 Å². The standard InChI is InChI=1S/C14H14N2O2/c1-2-10(14-15-7-8-16-14)13-9-17-11-5-3-4-6-12(11)18-13/h2-8,10,13H,1,9H2,(H,15,16). The Morgan fingerprint density at radius 1 is 1.39 bits per heavy atom. The van der Waals surface area contributed by atoms with Gasteiger partial charge in [-0.1, -0.05) is 18.2 Å². The van der Waals surface area contributed by atoms with E-state index in [1.807, 2.05) is 30.3 Å². The van der Waals surface area contributed by atoms with E-state index >= 15 is 0 Å². The maximum atomic E-state index is 5.95. The van der Waals surface area contributed by atoms with Gasteiger partial charge in [-0.05, 0) is 12.1 Å². The summed E-state index contributed by atoms with van der Waals surface area (Å²) in [6.45, 7) is 4.35. The summed E-state index contributed by atoms with van der Waals surface area (Å²) in [6, 6.07) is 7.67. The zero-order chi connectivity index (χ0) is 12.4. The normalized spacial score (nSPS) is 19.2. The summed E-state index contributed by atoms with van der Waals surface area (Å²) in [7, 11) is 0. The van der Waals surface area contributed by atoms with Crippen molar-refractivity contribution >= 4 is 0 Å². The quantitative estimate of drug-likeness (QED) is 0.841. The molecule has 0 radical (unpaired) electrons. The lowest BCUT2D eigenvalue weighted by molar-refractivity contribution is 0.0795. The van der Waals surface area contributed by atoms with Crippen molar-refractivity contribution in [1.29, 1.82) is 0 Å². The Labute approximate surface area is 105 Å². The van der Waals surface area contributed by atoms with Crippen LogP contribution < -0.4 is 9.47 Å². The minimum atomic E-state index is -0.108. The summed E-state index contributed by atoms with van der Waals surface area (Å²) >= 11 is 0. The van der Waals surface area contributed by atoms with Crippen LogP contribution in [0.15, 0.2) is 49.3 Å². The second kappa shape index (κ2) is 4.56. The average Bonchev–Trinajstić information content (AvgIpc) is 2.93. The number of aromatic nitrogens is 2. The van der Waals surface area contributed by atoms with Gasteiger partial charge in [0.05, 0.1) is 5.92 Å². The highest BCUT2D eigenvalue weighted by molar-refractivity contribution is 5.41. The van der Waals surface area contributed by atoms with Crippen molar-refractivity contribution < 1.29 is 9.47 Å². The van der Waals surface area contributed by atoms with Crippen molar-refractivity contribution in [3.8, 4) is 11.5 Å². The Morgan fingerprint density at radius 3 is 2.94 bits per heavy atom. The maximum Gasteiger partial charge on any atom is 0.161 e. The number of H-pyrrole nitrogens is 1. The van der Waals surface area contributed by atoms with E-state index in [-0.39, 0.29) is 12.0 Å². The highest BCUT2D eigenvalue weighted by Crippen LogP contribution is 2.34. The van der Waals surface area contributed by atoms with Gasteiger partial charge in [0.25, 0.3) is 0 Å². The van der Waals surface area contributed by atoms with Crippen LogP contribution in [-0.4, -0.2) is 22.7 Å². The van der Waals surface area contributed by atoms with Gasteiger partial charge in [0.2, 0.25) is 0 Å². The van der Waals surface area contributed by atoms with Crippen molar-refractivity contribution in [2.24, 2.45) is 0 Å². The molecule has 4 heteroatoms. The number of aromatic amines is 1. The molecule has 0 saturated carbocycles. The lowest BCUT2D eigenvalue weighted by atomic mass is 10.0. The average molecular weight is 242 g/mol. The molecule has 0 saturated heterocycles. The van der Waals surface area contributed by atoms with Crippen LogP contribution >= 0.6 is 0 Å². The van der Waals surface area contributed by atoms with Gasteiger partial charge in [-0.2, -0.15) is 0 Å². The van der Waals surface area contributed by atoms with E-state index in [0.29, 0.717) is 6.61 Å². The fourth-order valence-corrected chi connectivity index (χ4v) is 2.11. The first-order valence-corrected chi connectivity index (χ1v) is 5.89. The van der Waals surface area contributed by atoms with Crippen LogP contribution in [0.5, 0.6) is 11.5 Å². The molecule has 92 valence electrons. The van der Waals surface area contributed by atoms with E-state index in [2.05, 4.69) is 16.5 Å². The molecule has 1 aromatic carbocycles. The molecule has 0 spiro atoms. The molecule has 18 heavy (non-hydrogen) atoms. The van der Waals surface area contributed by atoms with Crippen LogP contribution in [0.4, 0.5) is 0 Å². The molecule has 2 heterocycles. The van der Waals surface area contributed by atoms with Crippen LogP contribution in [0.1, 0.15) is 11.7 Å². The molecular formula is C14H14N2O2. The van der Waals surface area contributed by atoms with Gasteiger partial charge in [-0.15, -0.1) is 6.58 Å². The fourth-order valence-electron chi connectivity index (χ4n) is 2.11. The molecule has 1 aromatic heterocycles. The zero-order valence-electron chi connectivity index (χ0n) is 9.87. The van der Waals surface area contributed by atoms with Crippen molar-refractivity contribution in [1.82, 2.24) is 9.97 Å². The number of imidazole rings is 1. The number of nitrogens with zero attached hydrogens (tertiary/aromatic N) is 1. The minimum absolute atomic E-state index is 0.00615. The van der Waals surface area contributed by atoms with Crippen LogP contribution in [0.25, 0.3) is 0 Å². The van der Waals surface area contributed by atoms with Crippen molar-refractivity contribution in [3.05, 3.63) is 55.1 Å². The molecule has 4 nitrogen and oxygen atoms in total. The van der Waals surface area contributed by atoms with E-state index in [1.165, 1.54) is 0 Å². The van der Waals surface area contributed by atoms with Gasteiger partial charge in [0.15, 0.2) is 11.5 Å². The number of hydrogen-bond acceptors (Lipinski definition) is 3. The molecule has 1 N–H and O–H groups in total. The van der Waals surface area contributed by atoms with Gasteiger partial charge < -0.3 is 14.5 Å². The first-order valence-electron chi connectivity index (χ1n) is 5.89. The Bertz CT molecular complexity index is 536. The van der Waals surface area contributed by atoms with Crippen molar-refractivity contribution in [2.45, 2.75) is 12.0 Å². The first kappa shape index (κ1) is 10.9. The van der Waals surface area contributed by atoms with E-state index < -0.39 is 0 Å². The highest BCUT2D eigenvalue weighted by atomic mass is 16.6. The van der Waals surface area contributed by atoms with Gasteiger partial charge in [-0.25, -0.2) is 4.98 Å². The lowest BCUT2D eigenvalue weighted by Crippen LogP contribution is -2.34. The van der Waals surface area contributed by atoms with Crippen LogP contribution in [-0.2, 0) is 0 Å². The van der Waals surface area contributed by atoms with Gasteiger partial charge in [0, 0.05) is 12.4 Å². The molecule has 2 aromatic rings. The largest absolute Gasteiger partial charge is 0.486 e. The van der Waals surface area contributed by atoms with Crippen molar-refractivity contribution in [3.63, 3.8) is 0 Å². The summed E-state index contributed by atoms with van der Waals surface area (Å²) < 4.78 is 11.7. The first-order chi connectivity index (χ1) is 8.88. The van der Waals surface area contributed by atoms with Gasteiger partial charge in [0.1, 0.15) is 18.5 Å². The summed E-state index contributed by atoms with van der Waals surface area (Å²) in [5.74, 6) is 2.40. The number of ether oxygens (including phenoxy) is 2. The van der Waals surface area contributed by atoms with E-state index in [4.69, 9.17) is 9.47 Å². The Kier molecular flexibility index (Phi) is 2.76. The molecule has 3 rings (SSSR count).